The first-order valence-corrected chi connectivity index (χ1v) is 7.79. The van der Waals surface area contributed by atoms with Gasteiger partial charge in [0.1, 0.15) is 0 Å². The third kappa shape index (κ3) is 2.90. The van der Waals surface area contributed by atoms with Gasteiger partial charge < -0.3 is 9.47 Å². The molecule has 0 saturated carbocycles. The van der Waals surface area contributed by atoms with Crippen molar-refractivity contribution in [1.82, 2.24) is 0 Å². The second kappa shape index (κ2) is 6.09. The highest BCUT2D eigenvalue weighted by Crippen LogP contribution is 2.39. The van der Waals surface area contributed by atoms with Gasteiger partial charge in [-0.15, -0.1) is 11.8 Å². The number of benzene rings is 1. The highest BCUT2D eigenvalue weighted by Gasteiger charge is 2.23. The Morgan fingerprint density at radius 3 is 2.89 bits per heavy atom. The minimum absolute atomic E-state index is 0.589. The van der Waals surface area contributed by atoms with Crippen LogP contribution in [0.25, 0.3) is 0 Å². The lowest BCUT2D eigenvalue weighted by molar-refractivity contribution is 0.0183. The number of thioether (sulfide) groups is 1. The molecule has 0 spiro atoms. The summed E-state index contributed by atoms with van der Waals surface area (Å²) >= 11 is 1.96. The van der Waals surface area contributed by atoms with Crippen molar-refractivity contribution in [3.8, 4) is 0 Å². The number of fused-ring (bicyclic) bond motifs is 1. The number of rotatable bonds is 4. The normalized spacial score (nSPS) is 24.1. The SMILES string of the molecule is c1ccc2c(c1)SCC2COCC1CCOCC1. The van der Waals surface area contributed by atoms with Crippen LogP contribution in [-0.4, -0.2) is 32.2 Å². The van der Waals surface area contributed by atoms with Crippen molar-refractivity contribution < 1.29 is 9.47 Å². The Balaban J connectivity index is 1.47. The van der Waals surface area contributed by atoms with Crippen molar-refractivity contribution in [3.63, 3.8) is 0 Å². The summed E-state index contributed by atoms with van der Waals surface area (Å²) in [7, 11) is 0. The van der Waals surface area contributed by atoms with Gasteiger partial charge in [-0.1, -0.05) is 18.2 Å². The zero-order valence-electron chi connectivity index (χ0n) is 10.6. The fourth-order valence-corrected chi connectivity index (χ4v) is 3.89. The van der Waals surface area contributed by atoms with Gasteiger partial charge in [0.05, 0.1) is 6.61 Å². The molecular weight excluding hydrogens is 244 g/mol. The summed E-state index contributed by atoms with van der Waals surface area (Å²) in [5.74, 6) is 2.47. The lowest BCUT2D eigenvalue weighted by Crippen LogP contribution is -2.21. The second-order valence-corrected chi connectivity index (χ2v) is 6.20. The van der Waals surface area contributed by atoms with Crippen LogP contribution in [0.5, 0.6) is 0 Å². The number of hydrogen-bond acceptors (Lipinski definition) is 3. The summed E-state index contributed by atoms with van der Waals surface area (Å²) in [6.45, 7) is 3.61. The fraction of sp³-hybridized carbons (Fsp3) is 0.600. The molecule has 0 amide bonds. The highest BCUT2D eigenvalue weighted by atomic mass is 32.2. The molecule has 1 aromatic rings. The first-order chi connectivity index (χ1) is 8.93. The van der Waals surface area contributed by atoms with Gasteiger partial charge in [0, 0.05) is 36.4 Å². The Morgan fingerprint density at radius 1 is 1.17 bits per heavy atom. The van der Waals surface area contributed by atoms with E-state index in [1.54, 1.807) is 0 Å². The molecule has 18 heavy (non-hydrogen) atoms. The summed E-state index contributed by atoms with van der Waals surface area (Å²) in [6.07, 6.45) is 2.33. The van der Waals surface area contributed by atoms with Crippen molar-refractivity contribution in [2.75, 3.05) is 32.2 Å². The van der Waals surface area contributed by atoms with E-state index in [0.29, 0.717) is 11.8 Å². The highest BCUT2D eigenvalue weighted by molar-refractivity contribution is 7.99. The van der Waals surface area contributed by atoms with Gasteiger partial charge in [0.15, 0.2) is 0 Å². The molecule has 1 aromatic carbocycles. The first kappa shape index (κ1) is 12.5. The Morgan fingerprint density at radius 2 is 2.00 bits per heavy atom. The number of hydrogen-bond donors (Lipinski definition) is 0. The van der Waals surface area contributed by atoms with E-state index in [-0.39, 0.29) is 0 Å². The maximum absolute atomic E-state index is 5.95. The van der Waals surface area contributed by atoms with Gasteiger partial charge in [-0.25, -0.2) is 0 Å². The van der Waals surface area contributed by atoms with E-state index in [9.17, 15) is 0 Å². The van der Waals surface area contributed by atoms with Crippen LogP contribution in [0, 0.1) is 5.92 Å². The molecule has 2 aliphatic heterocycles. The number of ether oxygens (including phenoxy) is 2. The van der Waals surface area contributed by atoms with E-state index >= 15 is 0 Å². The lowest BCUT2D eigenvalue weighted by atomic mass is 10.0. The molecule has 1 unspecified atom stereocenters. The van der Waals surface area contributed by atoms with Crippen molar-refractivity contribution in [2.24, 2.45) is 5.92 Å². The van der Waals surface area contributed by atoms with Crippen molar-refractivity contribution >= 4 is 11.8 Å². The van der Waals surface area contributed by atoms with Crippen LogP contribution in [0.15, 0.2) is 29.2 Å². The van der Waals surface area contributed by atoms with Crippen LogP contribution in [0.2, 0.25) is 0 Å². The smallest absolute Gasteiger partial charge is 0.0543 e. The third-order valence-electron chi connectivity index (χ3n) is 3.81. The molecule has 1 saturated heterocycles. The van der Waals surface area contributed by atoms with Crippen LogP contribution < -0.4 is 0 Å². The van der Waals surface area contributed by atoms with E-state index in [4.69, 9.17) is 9.47 Å². The molecular formula is C15H20O2S. The Labute approximate surface area is 113 Å². The zero-order valence-corrected chi connectivity index (χ0v) is 11.5. The summed E-state index contributed by atoms with van der Waals surface area (Å²) in [5.41, 5.74) is 1.48. The molecule has 0 aromatic heterocycles. The Hall–Kier alpha value is -0.510. The van der Waals surface area contributed by atoms with Crippen LogP contribution in [0.4, 0.5) is 0 Å². The topological polar surface area (TPSA) is 18.5 Å². The maximum atomic E-state index is 5.95. The van der Waals surface area contributed by atoms with E-state index in [1.807, 2.05) is 11.8 Å². The van der Waals surface area contributed by atoms with E-state index < -0.39 is 0 Å². The fourth-order valence-electron chi connectivity index (χ4n) is 2.66. The summed E-state index contributed by atoms with van der Waals surface area (Å²) in [5, 5.41) is 0. The third-order valence-corrected chi connectivity index (χ3v) is 5.06. The van der Waals surface area contributed by atoms with Gasteiger partial charge in [-0.05, 0) is 30.4 Å². The molecule has 0 radical (unpaired) electrons. The quantitative estimate of drug-likeness (QED) is 0.831. The van der Waals surface area contributed by atoms with Crippen molar-refractivity contribution in [1.29, 1.82) is 0 Å². The molecule has 1 atom stereocenters. The Kier molecular flexibility index (Phi) is 4.24. The van der Waals surface area contributed by atoms with Crippen LogP contribution in [-0.2, 0) is 9.47 Å². The average molecular weight is 264 g/mol. The minimum atomic E-state index is 0.589. The molecule has 3 heteroatoms. The van der Waals surface area contributed by atoms with Gasteiger partial charge >= 0.3 is 0 Å². The molecule has 1 fully saturated rings. The molecule has 0 aliphatic carbocycles. The van der Waals surface area contributed by atoms with Gasteiger partial charge in [0.2, 0.25) is 0 Å². The van der Waals surface area contributed by atoms with Gasteiger partial charge in [-0.2, -0.15) is 0 Å². The van der Waals surface area contributed by atoms with E-state index in [1.165, 1.54) is 16.2 Å². The molecule has 0 bridgehead atoms. The summed E-state index contributed by atoms with van der Waals surface area (Å²) < 4.78 is 11.3. The van der Waals surface area contributed by atoms with Crippen LogP contribution >= 0.6 is 11.8 Å². The summed E-state index contributed by atoms with van der Waals surface area (Å²) in [4.78, 5) is 1.44. The molecule has 98 valence electrons. The van der Waals surface area contributed by atoms with E-state index in [2.05, 4.69) is 24.3 Å². The zero-order chi connectivity index (χ0) is 12.2. The molecule has 0 N–H and O–H groups in total. The van der Waals surface area contributed by atoms with Crippen LogP contribution in [0.1, 0.15) is 24.3 Å². The molecule has 2 nitrogen and oxygen atoms in total. The van der Waals surface area contributed by atoms with Crippen molar-refractivity contribution in [3.05, 3.63) is 29.8 Å². The van der Waals surface area contributed by atoms with Crippen molar-refractivity contribution in [2.45, 2.75) is 23.7 Å². The lowest BCUT2D eigenvalue weighted by Gasteiger charge is -2.22. The standard InChI is InChI=1S/C15H20O2S/c1-2-4-15-14(3-1)13(11-18-15)10-17-9-12-5-7-16-8-6-12/h1-4,12-13H,5-11H2. The minimum Gasteiger partial charge on any atom is -0.381 e. The molecule has 2 heterocycles. The molecule has 3 rings (SSSR count). The molecule has 2 aliphatic rings. The van der Waals surface area contributed by atoms with Gasteiger partial charge in [0.25, 0.3) is 0 Å². The predicted molar refractivity (Wildman–Crippen MR) is 74.3 cm³/mol. The largest absolute Gasteiger partial charge is 0.381 e. The van der Waals surface area contributed by atoms with Gasteiger partial charge in [-0.3, -0.25) is 0 Å². The first-order valence-electron chi connectivity index (χ1n) is 6.80. The second-order valence-electron chi connectivity index (χ2n) is 5.14. The maximum Gasteiger partial charge on any atom is 0.0543 e. The average Bonchev–Trinajstić information content (AvgIpc) is 2.84. The Bertz CT molecular complexity index is 388. The van der Waals surface area contributed by atoms with Crippen LogP contribution in [0.3, 0.4) is 0 Å². The predicted octanol–water partition coefficient (Wildman–Crippen LogP) is 3.32. The summed E-state index contributed by atoms with van der Waals surface area (Å²) in [6, 6.07) is 8.73. The monoisotopic (exact) mass is 264 g/mol. The van der Waals surface area contributed by atoms with E-state index in [0.717, 1.165) is 39.3 Å².